The molecule has 0 amide bonds. The van der Waals surface area contributed by atoms with Gasteiger partial charge in [0.05, 0.1) is 12.8 Å². The second-order valence-electron chi connectivity index (χ2n) is 10.4. The fraction of sp³-hybridized carbons (Fsp3) is 0.462. The first-order chi connectivity index (χ1) is 14.0. The Morgan fingerprint density at radius 1 is 0.900 bits per heavy atom. The van der Waals surface area contributed by atoms with Gasteiger partial charge in [0.1, 0.15) is 17.4 Å². The van der Waals surface area contributed by atoms with Gasteiger partial charge in [-0.3, -0.25) is 0 Å². The Morgan fingerprint density at radius 3 is 2.33 bits per heavy atom. The van der Waals surface area contributed by atoms with Crippen LogP contribution in [0.3, 0.4) is 0 Å². The zero-order valence-electron chi connectivity index (χ0n) is 19.3. The number of rotatable bonds is 4. The highest BCUT2D eigenvalue weighted by Crippen LogP contribution is 2.36. The van der Waals surface area contributed by atoms with Crippen LogP contribution in [-0.2, 0) is 6.42 Å². The van der Waals surface area contributed by atoms with E-state index in [1.54, 1.807) is 6.26 Å². The third kappa shape index (κ3) is 4.00. The molecular formula is C26H34N2O2. The molecule has 4 rings (SSSR count). The minimum absolute atomic E-state index is 0.0207. The first-order valence-electron chi connectivity index (χ1n) is 10.8. The molecule has 0 fully saturated rings. The maximum atomic E-state index is 6.37. The summed E-state index contributed by atoms with van der Waals surface area (Å²) in [6.45, 7) is 14.3. The Balaban J connectivity index is 1.55. The SMILES string of the molecule is CN(c1ccc2c(c1)CC(CN(c1ccc3occc3c1)C(C)(C)C)O2)C(C)(C)C. The van der Waals surface area contributed by atoms with Crippen LogP contribution in [0.2, 0.25) is 0 Å². The van der Waals surface area contributed by atoms with Crippen LogP contribution in [0.4, 0.5) is 11.4 Å². The number of furan rings is 1. The topological polar surface area (TPSA) is 28.9 Å². The van der Waals surface area contributed by atoms with Crippen LogP contribution in [0.5, 0.6) is 5.75 Å². The van der Waals surface area contributed by atoms with Crippen molar-refractivity contribution in [3.63, 3.8) is 0 Å². The first kappa shape index (κ1) is 20.6. The van der Waals surface area contributed by atoms with E-state index in [1.807, 2.05) is 6.07 Å². The summed E-state index contributed by atoms with van der Waals surface area (Å²) >= 11 is 0. The Hall–Kier alpha value is -2.62. The summed E-state index contributed by atoms with van der Waals surface area (Å²) in [5.74, 6) is 1.02. The van der Waals surface area contributed by atoms with Gasteiger partial charge in [0.2, 0.25) is 0 Å². The lowest BCUT2D eigenvalue weighted by Gasteiger charge is -2.39. The number of ether oxygens (including phenoxy) is 1. The van der Waals surface area contributed by atoms with Crippen molar-refractivity contribution >= 4 is 22.3 Å². The lowest BCUT2D eigenvalue weighted by molar-refractivity contribution is 0.228. The van der Waals surface area contributed by atoms with Gasteiger partial charge in [0.25, 0.3) is 0 Å². The average molecular weight is 407 g/mol. The summed E-state index contributed by atoms with van der Waals surface area (Å²) in [7, 11) is 2.16. The first-order valence-corrected chi connectivity index (χ1v) is 10.8. The predicted molar refractivity (Wildman–Crippen MR) is 126 cm³/mol. The zero-order chi connectivity index (χ0) is 21.7. The van der Waals surface area contributed by atoms with E-state index in [2.05, 4.69) is 94.8 Å². The molecule has 4 heteroatoms. The molecule has 0 aliphatic carbocycles. The lowest BCUT2D eigenvalue weighted by atomic mass is 10.0. The van der Waals surface area contributed by atoms with Crippen LogP contribution in [0.25, 0.3) is 11.0 Å². The fourth-order valence-electron chi connectivity index (χ4n) is 4.10. The fourth-order valence-corrected chi connectivity index (χ4v) is 4.10. The van der Waals surface area contributed by atoms with Gasteiger partial charge in [-0.1, -0.05) is 0 Å². The van der Waals surface area contributed by atoms with E-state index in [-0.39, 0.29) is 17.2 Å². The van der Waals surface area contributed by atoms with Crippen LogP contribution in [0.1, 0.15) is 47.1 Å². The van der Waals surface area contributed by atoms with E-state index in [0.29, 0.717) is 0 Å². The highest BCUT2D eigenvalue weighted by Gasteiger charge is 2.31. The molecule has 1 unspecified atom stereocenters. The van der Waals surface area contributed by atoms with E-state index in [9.17, 15) is 0 Å². The number of benzene rings is 2. The molecule has 3 aromatic rings. The number of hydrogen-bond donors (Lipinski definition) is 0. The van der Waals surface area contributed by atoms with Crippen LogP contribution >= 0.6 is 0 Å². The molecule has 0 bridgehead atoms. The maximum Gasteiger partial charge on any atom is 0.133 e. The number of fused-ring (bicyclic) bond motifs is 2. The van der Waals surface area contributed by atoms with Crippen molar-refractivity contribution < 1.29 is 9.15 Å². The van der Waals surface area contributed by atoms with Gasteiger partial charge in [0.15, 0.2) is 0 Å². The second kappa shape index (κ2) is 7.26. The molecule has 30 heavy (non-hydrogen) atoms. The smallest absolute Gasteiger partial charge is 0.133 e. The molecule has 0 saturated heterocycles. The highest BCUT2D eigenvalue weighted by molar-refractivity contribution is 5.81. The summed E-state index contributed by atoms with van der Waals surface area (Å²) in [6.07, 6.45) is 2.81. The normalized spacial score (nSPS) is 16.4. The van der Waals surface area contributed by atoms with Gasteiger partial charge in [-0.15, -0.1) is 0 Å². The Bertz CT molecular complexity index is 1040. The third-order valence-electron chi connectivity index (χ3n) is 6.12. The van der Waals surface area contributed by atoms with E-state index < -0.39 is 0 Å². The Labute approximate surface area is 180 Å². The standard InChI is InChI=1S/C26H34N2O2/c1-25(2,3)27(7)20-8-11-24-19(15-20)16-22(30-24)17-28(26(4,5)6)21-9-10-23-18(14-21)12-13-29-23/h8-15,22H,16-17H2,1-7H3. The van der Waals surface area contributed by atoms with E-state index in [0.717, 1.165) is 29.7 Å². The number of anilines is 2. The summed E-state index contributed by atoms with van der Waals surface area (Å²) in [4.78, 5) is 4.76. The van der Waals surface area contributed by atoms with Crippen molar-refractivity contribution in [2.75, 3.05) is 23.4 Å². The van der Waals surface area contributed by atoms with E-state index in [1.165, 1.54) is 16.9 Å². The molecule has 160 valence electrons. The lowest BCUT2D eigenvalue weighted by Crippen LogP contribution is -2.46. The molecular weight excluding hydrogens is 372 g/mol. The minimum atomic E-state index is -0.0207. The van der Waals surface area contributed by atoms with Crippen LogP contribution < -0.4 is 14.5 Å². The summed E-state index contributed by atoms with van der Waals surface area (Å²) in [5.41, 5.74) is 4.72. The van der Waals surface area contributed by atoms with Gasteiger partial charge >= 0.3 is 0 Å². The molecule has 4 nitrogen and oxygen atoms in total. The molecule has 0 radical (unpaired) electrons. The van der Waals surface area contributed by atoms with Crippen molar-refractivity contribution in [2.45, 2.75) is 65.1 Å². The van der Waals surface area contributed by atoms with Gasteiger partial charge in [-0.05, 0) is 89.6 Å². The van der Waals surface area contributed by atoms with Crippen molar-refractivity contribution in [2.24, 2.45) is 0 Å². The highest BCUT2D eigenvalue weighted by atomic mass is 16.5. The minimum Gasteiger partial charge on any atom is -0.488 e. The molecule has 2 aromatic carbocycles. The molecule has 1 atom stereocenters. The quantitative estimate of drug-likeness (QED) is 0.510. The van der Waals surface area contributed by atoms with Gasteiger partial charge < -0.3 is 19.0 Å². The van der Waals surface area contributed by atoms with Crippen molar-refractivity contribution in [1.29, 1.82) is 0 Å². The molecule has 0 spiro atoms. The van der Waals surface area contributed by atoms with Crippen LogP contribution in [-0.4, -0.2) is 30.8 Å². The molecule has 1 aliphatic rings. The number of hydrogen-bond acceptors (Lipinski definition) is 4. The predicted octanol–water partition coefficient (Wildman–Crippen LogP) is 6.28. The van der Waals surface area contributed by atoms with Crippen LogP contribution in [0, 0.1) is 0 Å². The molecule has 0 N–H and O–H groups in total. The summed E-state index contributed by atoms with van der Waals surface area (Å²) in [5, 5.41) is 1.13. The summed E-state index contributed by atoms with van der Waals surface area (Å²) < 4.78 is 11.9. The van der Waals surface area contributed by atoms with Gasteiger partial charge in [0, 0.05) is 41.3 Å². The van der Waals surface area contributed by atoms with Crippen molar-refractivity contribution in [1.82, 2.24) is 0 Å². The van der Waals surface area contributed by atoms with E-state index >= 15 is 0 Å². The monoisotopic (exact) mass is 406 g/mol. The Morgan fingerprint density at radius 2 is 1.63 bits per heavy atom. The third-order valence-corrected chi connectivity index (χ3v) is 6.12. The molecule has 1 aromatic heterocycles. The van der Waals surface area contributed by atoms with Gasteiger partial charge in [-0.25, -0.2) is 0 Å². The Kier molecular flexibility index (Phi) is 5.00. The number of nitrogens with zero attached hydrogens (tertiary/aromatic N) is 2. The molecule has 2 heterocycles. The summed E-state index contributed by atoms with van der Waals surface area (Å²) in [6, 6.07) is 15.0. The maximum absolute atomic E-state index is 6.37. The van der Waals surface area contributed by atoms with Crippen molar-refractivity contribution in [3.8, 4) is 5.75 Å². The largest absolute Gasteiger partial charge is 0.488 e. The van der Waals surface area contributed by atoms with Crippen molar-refractivity contribution in [3.05, 3.63) is 54.3 Å². The molecule has 0 saturated carbocycles. The molecule has 1 aliphatic heterocycles. The van der Waals surface area contributed by atoms with Crippen LogP contribution in [0.15, 0.2) is 53.1 Å². The second-order valence-corrected chi connectivity index (χ2v) is 10.4. The zero-order valence-corrected chi connectivity index (χ0v) is 19.3. The average Bonchev–Trinajstić information content (AvgIpc) is 3.28. The van der Waals surface area contributed by atoms with Gasteiger partial charge in [-0.2, -0.15) is 0 Å². The van der Waals surface area contributed by atoms with E-state index in [4.69, 9.17) is 9.15 Å².